The summed E-state index contributed by atoms with van der Waals surface area (Å²) in [5.74, 6) is 0. The van der Waals surface area contributed by atoms with Gasteiger partial charge in [0.2, 0.25) is 0 Å². The average molecular weight is 238 g/mol. The maximum atomic E-state index is 11.3. The number of sulfone groups is 1. The minimum atomic E-state index is -3.09. The molecule has 1 heterocycles. The average Bonchev–Trinajstić information content (AvgIpc) is 2.29. The van der Waals surface area contributed by atoms with Crippen LogP contribution < -0.4 is 0 Å². The van der Waals surface area contributed by atoms with Gasteiger partial charge in [-0.05, 0) is 29.7 Å². The van der Waals surface area contributed by atoms with Crippen molar-refractivity contribution >= 4 is 15.4 Å². The molecule has 1 aromatic carbocycles. The summed E-state index contributed by atoms with van der Waals surface area (Å²) < 4.78 is 27.8. The Morgan fingerprint density at radius 1 is 1.19 bits per heavy atom. The van der Waals surface area contributed by atoms with Crippen molar-refractivity contribution in [3.8, 4) is 0 Å². The largest absolute Gasteiger partial charge is 0.377 e. The van der Waals surface area contributed by atoms with Gasteiger partial charge in [-0.25, -0.2) is 8.42 Å². The first-order valence-corrected chi connectivity index (χ1v) is 7.04. The smallest absolute Gasteiger partial charge is 0.175 e. The number of ether oxygens (including phenoxy) is 1. The zero-order chi connectivity index (χ0) is 11.6. The Kier molecular flexibility index (Phi) is 3.12. The van der Waals surface area contributed by atoms with Crippen LogP contribution in [0.2, 0.25) is 0 Å². The van der Waals surface area contributed by atoms with Gasteiger partial charge in [0.25, 0.3) is 0 Å². The molecule has 3 nitrogen and oxygen atoms in total. The van der Waals surface area contributed by atoms with Crippen LogP contribution in [0.5, 0.6) is 0 Å². The first kappa shape index (κ1) is 11.4. The van der Waals surface area contributed by atoms with E-state index in [1.54, 1.807) is 12.1 Å². The highest BCUT2D eigenvalue weighted by Gasteiger charge is 2.09. The first-order chi connectivity index (χ1) is 7.57. The van der Waals surface area contributed by atoms with Crippen molar-refractivity contribution in [1.82, 2.24) is 0 Å². The molecular formula is C12H14O3S. The Morgan fingerprint density at radius 3 is 2.38 bits per heavy atom. The maximum absolute atomic E-state index is 11.3. The van der Waals surface area contributed by atoms with E-state index in [2.05, 4.69) is 0 Å². The first-order valence-electron chi connectivity index (χ1n) is 5.14. The molecule has 0 spiro atoms. The fourth-order valence-electron chi connectivity index (χ4n) is 1.71. The van der Waals surface area contributed by atoms with Crippen molar-refractivity contribution in [3.63, 3.8) is 0 Å². The van der Waals surface area contributed by atoms with Gasteiger partial charge in [-0.1, -0.05) is 18.2 Å². The molecule has 0 saturated carbocycles. The minimum absolute atomic E-state index is 0.365. The van der Waals surface area contributed by atoms with Crippen LogP contribution in [0.25, 0.3) is 5.57 Å². The monoisotopic (exact) mass is 238 g/mol. The number of rotatable bonds is 2. The molecule has 0 bridgehead atoms. The Labute approximate surface area is 95.7 Å². The van der Waals surface area contributed by atoms with E-state index in [9.17, 15) is 8.42 Å². The lowest BCUT2D eigenvalue weighted by Gasteiger charge is -2.13. The molecule has 0 aromatic heterocycles. The van der Waals surface area contributed by atoms with Crippen LogP contribution in [0.3, 0.4) is 0 Å². The molecule has 16 heavy (non-hydrogen) atoms. The predicted molar refractivity (Wildman–Crippen MR) is 63.0 cm³/mol. The van der Waals surface area contributed by atoms with Crippen LogP contribution in [-0.2, 0) is 14.6 Å². The molecule has 0 atom stereocenters. The summed E-state index contributed by atoms with van der Waals surface area (Å²) in [6, 6.07) is 7.02. The SMILES string of the molecule is CS(=O)(=O)c1ccc(C2=CCOCC2)cc1. The second-order valence-corrected chi connectivity index (χ2v) is 5.87. The van der Waals surface area contributed by atoms with Crippen LogP contribution in [0.15, 0.2) is 35.2 Å². The zero-order valence-electron chi connectivity index (χ0n) is 9.14. The number of hydrogen-bond acceptors (Lipinski definition) is 3. The van der Waals surface area contributed by atoms with E-state index in [0.717, 1.165) is 18.6 Å². The Balaban J connectivity index is 2.29. The molecule has 0 unspecified atom stereocenters. The van der Waals surface area contributed by atoms with Crippen molar-refractivity contribution in [2.75, 3.05) is 19.5 Å². The molecule has 0 amide bonds. The topological polar surface area (TPSA) is 43.4 Å². The Bertz CT molecular complexity index is 498. The van der Waals surface area contributed by atoms with Crippen molar-refractivity contribution in [2.45, 2.75) is 11.3 Å². The van der Waals surface area contributed by atoms with E-state index in [1.165, 1.54) is 11.8 Å². The van der Waals surface area contributed by atoms with Crippen molar-refractivity contribution in [3.05, 3.63) is 35.9 Å². The third-order valence-corrected chi connectivity index (χ3v) is 3.75. The van der Waals surface area contributed by atoms with Gasteiger partial charge in [0.15, 0.2) is 9.84 Å². The fourth-order valence-corrected chi connectivity index (χ4v) is 2.34. The molecule has 0 N–H and O–H groups in total. The van der Waals surface area contributed by atoms with Crippen molar-refractivity contribution in [1.29, 1.82) is 0 Å². The lowest BCUT2D eigenvalue weighted by atomic mass is 10.0. The molecule has 86 valence electrons. The third-order valence-electron chi connectivity index (χ3n) is 2.62. The van der Waals surface area contributed by atoms with Crippen LogP contribution in [0, 0.1) is 0 Å². The lowest BCUT2D eigenvalue weighted by molar-refractivity contribution is 0.161. The van der Waals surface area contributed by atoms with E-state index in [1.807, 2.05) is 18.2 Å². The lowest BCUT2D eigenvalue weighted by Crippen LogP contribution is -2.04. The van der Waals surface area contributed by atoms with E-state index in [0.29, 0.717) is 11.5 Å². The van der Waals surface area contributed by atoms with Gasteiger partial charge >= 0.3 is 0 Å². The highest BCUT2D eigenvalue weighted by atomic mass is 32.2. The van der Waals surface area contributed by atoms with E-state index >= 15 is 0 Å². The standard InChI is InChI=1S/C12H14O3S/c1-16(13,14)12-4-2-10(3-5-12)11-6-8-15-9-7-11/h2-6H,7-9H2,1H3. The van der Waals surface area contributed by atoms with Gasteiger partial charge in [0.1, 0.15) is 0 Å². The summed E-state index contributed by atoms with van der Waals surface area (Å²) >= 11 is 0. The summed E-state index contributed by atoms with van der Waals surface area (Å²) in [4.78, 5) is 0.365. The van der Waals surface area contributed by atoms with E-state index < -0.39 is 9.84 Å². The molecule has 0 fully saturated rings. The van der Waals surface area contributed by atoms with Gasteiger partial charge in [-0.3, -0.25) is 0 Å². The number of benzene rings is 1. The predicted octanol–water partition coefficient (Wildman–Crippen LogP) is 1.89. The molecule has 0 aliphatic carbocycles. The van der Waals surface area contributed by atoms with Gasteiger partial charge in [0.05, 0.1) is 18.1 Å². The second-order valence-electron chi connectivity index (χ2n) is 3.85. The van der Waals surface area contributed by atoms with Crippen LogP contribution in [0.1, 0.15) is 12.0 Å². The molecule has 0 radical (unpaired) electrons. The summed E-state index contributed by atoms with van der Waals surface area (Å²) in [6.45, 7) is 1.38. The van der Waals surface area contributed by atoms with Crippen molar-refractivity contribution in [2.24, 2.45) is 0 Å². The highest BCUT2D eigenvalue weighted by Crippen LogP contribution is 2.22. The molecule has 2 rings (SSSR count). The summed E-state index contributed by atoms with van der Waals surface area (Å²) in [5, 5.41) is 0. The normalized spacial score (nSPS) is 16.9. The fraction of sp³-hybridized carbons (Fsp3) is 0.333. The molecule has 0 saturated heterocycles. The molecular weight excluding hydrogens is 224 g/mol. The van der Waals surface area contributed by atoms with Crippen LogP contribution >= 0.6 is 0 Å². The Morgan fingerprint density at radius 2 is 1.88 bits per heavy atom. The number of hydrogen-bond donors (Lipinski definition) is 0. The van der Waals surface area contributed by atoms with Gasteiger partial charge in [-0.2, -0.15) is 0 Å². The Hall–Kier alpha value is -1.13. The third kappa shape index (κ3) is 2.51. The van der Waals surface area contributed by atoms with Crippen LogP contribution in [0.4, 0.5) is 0 Å². The molecule has 1 aromatic rings. The van der Waals surface area contributed by atoms with Gasteiger partial charge in [-0.15, -0.1) is 0 Å². The second kappa shape index (κ2) is 4.39. The van der Waals surface area contributed by atoms with Crippen LogP contribution in [-0.4, -0.2) is 27.9 Å². The summed E-state index contributed by atoms with van der Waals surface area (Å²) in [7, 11) is -3.09. The minimum Gasteiger partial charge on any atom is -0.377 e. The van der Waals surface area contributed by atoms with E-state index in [4.69, 9.17) is 4.74 Å². The maximum Gasteiger partial charge on any atom is 0.175 e. The highest BCUT2D eigenvalue weighted by molar-refractivity contribution is 7.90. The molecule has 4 heteroatoms. The summed E-state index contributed by atoms with van der Waals surface area (Å²) in [5.41, 5.74) is 2.31. The van der Waals surface area contributed by atoms with Gasteiger partial charge < -0.3 is 4.74 Å². The van der Waals surface area contributed by atoms with Gasteiger partial charge in [0, 0.05) is 6.26 Å². The molecule has 1 aliphatic heterocycles. The van der Waals surface area contributed by atoms with Crippen molar-refractivity contribution < 1.29 is 13.2 Å². The van der Waals surface area contributed by atoms with E-state index in [-0.39, 0.29) is 0 Å². The molecule has 1 aliphatic rings. The zero-order valence-corrected chi connectivity index (χ0v) is 9.96. The summed E-state index contributed by atoms with van der Waals surface area (Å²) in [6.07, 6.45) is 4.15. The quantitative estimate of drug-likeness (QED) is 0.790.